The molecule has 2 aromatic carbocycles. The van der Waals surface area contributed by atoms with Crippen LogP contribution in [0.1, 0.15) is 23.6 Å². The third-order valence-corrected chi connectivity index (χ3v) is 3.27. The maximum Gasteiger partial charge on any atom is 0.123 e. The Morgan fingerprint density at radius 3 is 2.60 bits per heavy atom. The van der Waals surface area contributed by atoms with Crippen molar-refractivity contribution in [1.29, 1.82) is 0 Å². The van der Waals surface area contributed by atoms with Gasteiger partial charge < -0.3 is 15.2 Å². The molecule has 0 radical (unpaired) electrons. The molecule has 106 valence electrons. The zero-order chi connectivity index (χ0) is 14.4. The van der Waals surface area contributed by atoms with Gasteiger partial charge in [-0.15, -0.1) is 0 Å². The SMILES string of the molecule is CCOCc1ccccc1NCc1cccc(C)c1O. The number of hydrogen-bond acceptors (Lipinski definition) is 3. The number of nitrogens with one attached hydrogen (secondary N) is 1. The Bertz CT molecular complexity index is 567. The van der Waals surface area contributed by atoms with Crippen LogP contribution in [0, 0.1) is 6.92 Å². The Morgan fingerprint density at radius 1 is 1.05 bits per heavy atom. The van der Waals surface area contributed by atoms with Gasteiger partial charge in [-0.25, -0.2) is 0 Å². The summed E-state index contributed by atoms with van der Waals surface area (Å²) in [6, 6.07) is 13.9. The van der Waals surface area contributed by atoms with Crippen LogP contribution >= 0.6 is 0 Å². The number of phenols is 1. The molecule has 0 spiro atoms. The molecule has 0 saturated carbocycles. The molecule has 0 amide bonds. The summed E-state index contributed by atoms with van der Waals surface area (Å²) < 4.78 is 5.47. The minimum Gasteiger partial charge on any atom is -0.507 e. The van der Waals surface area contributed by atoms with E-state index < -0.39 is 0 Å². The van der Waals surface area contributed by atoms with Gasteiger partial charge in [0.25, 0.3) is 0 Å². The van der Waals surface area contributed by atoms with Crippen LogP contribution in [0.15, 0.2) is 42.5 Å². The van der Waals surface area contributed by atoms with Gasteiger partial charge in [0.2, 0.25) is 0 Å². The van der Waals surface area contributed by atoms with Crippen LogP contribution in [0.3, 0.4) is 0 Å². The van der Waals surface area contributed by atoms with Gasteiger partial charge >= 0.3 is 0 Å². The molecule has 0 aliphatic heterocycles. The number of phenolic OH excluding ortho intramolecular Hbond substituents is 1. The molecule has 0 bridgehead atoms. The van der Waals surface area contributed by atoms with Crippen molar-refractivity contribution in [2.24, 2.45) is 0 Å². The average molecular weight is 271 g/mol. The first kappa shape index (κ1) is 14.4. The van der Waals surface area contributed by atoms with E-state index in [1.165, 1.54) is 0 Å². The zero-order valence-electron chi connectivity index (χ0n) is 12.0. The van der Waals surface area contributed by atoms with Gasteiger partial charge in [-0.1, -0.05) is 36.4 Å². The van der Waals surface area contributed by atoms with E-state index in [0.717, 1.165) is 22.4 Å². The lowest BCUT2D eigenvalue weighted by Crippen LogP contribution is -2.04. The molecule has 0 aromatic heterocycles. The van der Waals surface area contributed by atoms with E-state index in [9.17, 15) is 5.11 Å². The van der Waals surface area contributed by atoms with Gasteiger partial charge in [0, 0.05) is 30.0 Å². The number of benzene rings is 2. The minimum absolute atomic E-state index is 0.363. The number of rotatable bonds is 6. The normalized spacial score (nSPS) is 10.5. The molecule has 0 unspecified atom stereocenters. The first-order valence-electron chi connectivity index (χ1n) is 6.89. The number of para-hydroxylation sites is 2. The van der Waals surface area contributed by atoms with Crippen molar-refractivity contribution in [1.82, 2.24) is 0 Å². The van der Waals surface area contributed by atoms with Gasteiger partial charge in [0.15, 0.2) is 0 Å². The third-order valence-electron chi connectivity index (χ3n) is 3.27. The van der Waals surface area contributed by atoms with Crippen LogP contribution in [0.5, 0.6) is 5.75 Å². The molecule has 0 fully saturated rings. The summed E-state index contributed by atoms with van der Waals surface area (Å²) in [7, 11) is 0. The van der Waals surface area contributed by atoms with Crippen LogP contribution in [-0.2, 0) is 17.9 Å². The summed E-state index contributed by atoms with van der Waals surface area (Å²) in [5.41, 5.74) is 3.96. The highest BCUT2D eigenvalue weighted by atomic mass is 16.5. The Labute approximate surface area is 120 Å². The predicted octanol–water partition coefficient (Wildman–Crippen LogP) is 3.85. The highest BCUT2D eigenvalue weighted by molar-refractivity contribution is 5.52. The lowest BCUT2D eigenvalue weighted by molar-refractivity contribution is 0.134. The first-order chi connectivity index (χ1) is 9.72. The van der Waals surface area contributed by atoms with E-state index in [1.807, 2.05) is 56.3 Å². The standard InChI is InChI=1S/C17H21NO2/c1-3-20-12-15-8-4-5-10-16(15)18-11-14-9-6-7-13(2)17(14)19/h4-10,18-19H,3,11-12H2,1-2H3. The molecule has 2 N–H and O–H groups in total. The predicted molar refractivity (Wildman–Crippen MR) is 81.9 cm³/mol. The largest absolute Gasteiger partial charge is 0.507 e. The summed E-state index contributed by atoms with van der Waals surface area (Å²) in [6.45, 7) is 5.78. The van der Waals surface area contributed by atoms with Crippen LogP contribution < -0.4 is 5.32 Å². The molecule has 2 aromatic rings. The summed E-state index contributed by atoms with van der Waals surface area (Å²) in [4.78, 5) is 0. The highest BCUT2D eigenvalue weighted by Gasteiger charge is 2.05. The number of anilines is 1. The van der Waals surface area contributed by atoms with Gasteiger partial charge in [-0.3, -0.25) is 0 Å². The number of aromatic hydroxyl groups is 1. The van der Waals surface area contributed by atoms with Crippen molar-refractivity contribution in [2.75, 3.05) is 11.9 Å². The molecule has 0 aliphatic carbocycles. The lowest BCUT2D eigenvalue weighted by atomic mass is 10.1. The third kappa shape index (κ3) is 3.52. The molecular formula is C17H21NO2. The molecule has 0 atom stereocenters. The zero-order valence-corrected chi connectivity index (χ0v) is 12.0. The molecule has 2 rings (SSSR count). The van der Waals surface area contributed by atoms with E-state index in [-0.39, 0.29) is 0 Å². The summed E-state index contributed by atoms with van der Waals surface area (Å²) >= 11 is 0. The van der Waals surface area contributed by atoms with Crippen molar-refractivity contribution >= 4 is 5.69 Å². The van der Waals surface area contributed by atoms with E-state index in [1.54, 1.807) is 0 Å². The molecule has 3 nitrogen and oxygen atoms in total. The summed E-state index contributed by atoms with van der Waals surface area (Å²) in [5.74, 6) is 0.363. The molecule has 0 heterocycles. The summed E-state index contributed by atoms with van der Waals surface area (Å²) in [6.07, 6.45) is 0. The van der Waals surface area contributed by atoms with Crippen molar-refractivity contribution in [3.63, 3.8) is 0 Å². The fourth-order valence-corrected chi connectivity index (χ4v) is 2.08. The van der Waals surface area contributed by atoms with E-state index in [0.29, 0.717) is 25.5 Å². The van der Waals surface area contributed by atoms with Crippen LogP contribution in [-0.4, -0.2) is 11.7 Å². The molecule has 0 aliphatic rings. The maximum atomic E-state index is 10.0. The number of ether oxygens (including phenoxy) is 1. The lowest BCUT2D eigenvalue weighted by Gasteiger charge is -2.13. The first-order valence-corrected chi connectivity index (χ1v) is 6.89. The molecule has 3 heteroatoms. The average Bonchev–Trinajstić information content (AvgIpc) is 2.47. The van der Waals surface area contributed by atoms with E-state index in [4.69, 9.17) is 4.74 Å². The minimum atomic E-state index is 0.363. The molecular weight excluding hydrogens is 250 g/mol. The molecule has 0 saturated heterocycles. The van der Waals surface area contributed by atoms with Crippen molar-refractivity contribution in [3.05, 3.63) is 59.2 Å². The van der Waals surface area contributed by atoms with Crippen molar-refractivity contribution < 1.29 is 9.84 Å². The van der Waals surface area contributed by atoms with Crippen molar-refractivity contribution in [3.8, 4) is 5.75 Å². The van der Waals surface area contributed by atoms with Crippen LogP contribution in [0.25, 0.3) is 0 Å². The van der Waals surface area contributed by atoms with E-state index >= 15 is 0 Å². The van der Waals surface area contributed by atoms with Crippen LogP contribution in [0.2, 0.25) is 0 Å². The second-order valence-electron chi connectivity index (χ2n) is 4.73. The Kier molecular flexibility index (Phi) is 5.02. The van der Waals surface area contributed by atoms with E-state index in [2.05, 4.69) is 5.32 Å². The fraction of sp³-hybridized carbons (Fsp3) is 0.294. The monoisotopic (exact) mass is 271 g/mol. The topological polar surface area (TPSA) is 41.5 Å². The Balaban J connectivity index is 2.09. The summed E-state index contributed by atoms with van der Waals surface area (Å²) in [5, 5.41) is 13.4. The Hall–Kier alpha value is -2.00. The smallest absolute Gasteiger partial charge is 0.123 e. The van der Waals surface area contributed by atoms with Crippen LogP contribution in [0.4, 0.5) is 5.69 Å². The van der Waals surface area contributed by atoms with Gasteiger partial charge in [-0.2, -0.15) is 0 Å². The van der Waals surface area contributed by atoms with Gasteiger partial charge in [0.1, 0.15) is 5.75 Å². The second kappa shape index (κ2) is 6.96. The quantitative estimate of drug-likeness (QED) is 0.838. The highest BCUT2D eigenvalue weighted by Crippen LogP contribution is 2.23. The number of aryl methyl sites for hydroxylation is 1. The van der Waals surface area contributed by atoms with Gasteiger partial charge in [-0.05, 0) is 25.5 Å². The number of hydrogen-bond donors (Lipinski definition) is 2. The Morgan fingerprint density at radius 2 is 1.80 bits per heavy atom. The maximum absolute atomic E-state index is 10.0. The van der Waals surface area contributed by atoms with Gasteiger partial charge in [0.05, 0.1) is 6.61 Å². The fourth-order valence-electron chi connectivity index (χ4n) is 2.08. The second-order valence-corrected chi connectivity index (χ2v) is 4.73. The van der Waals surface area contributed by atoms with Crippen molar-refractivity contribution in [2.45, 2.75) is 27.0 Å². The molecule has 20 heavy (non-hydrogen) atoms.